The number of anilines is 1. The Labute approximate surface area is 117 Å². The molecule has 1 fully saturated rings. The van der Waals surface area contributed by atoms with Crippen LogP contribution in [-0.4, -0.2) is 49.3 Å². The highest BCUT2D eigenvalue weighted by atomic mass is 16.5. The molecule has 1 atom stereocenters. The summed E-state index contributed by atoms with van der Waals surface area (Å²) in [5, 5.41) is 4.41. The Kier molecular flexibility index (Phi) is 4.73. The maximum atomic E-state index is 11.3. The fourth-order valence-corrected chi connectivity index (χ4v) is 2.39. The number of carbonyl (C=O) groups is 1. The van der Waals surface area contributed by atoms with Crippen LogP contribution >= 0.6 is 0 Å². The van der Waals surface area contributed by atoms with Crippen molar-refractivity contribution in [2.75, 3.05) is 33.1 Å². The fraction of sp³-hybridized carbons (Fsp3) is 0.615. The third-order valence-corrected chi connectivity index (χ3v) is 3.43. The number of carbonyl (C=O) groups excluding carboxylic acids is 1. The van der Waals surface area contributed by atoms with Crippen LogP contribution in [0.3, 0.4) is 0 Å². The molecule has 0 radical (unpaired) electrons. The van der Waals surface area contributed by atoms with Gasteiger partial charge in [-0.15, -0.1) is 0 Å². The van der Waals surface area contributed by atoms with Gasteiger partial charge >= 0.3 is 0 Å². The molecule has 1 aliphatic heterocycles. The van der Waals surface area contributed by atoms with E-state index in [0.29, 0.717) is 29.6 Å². The van der Waals surface area contributed by atoms with Crippen molar-refractivity contribution >= 4 is 17.9 Å². The topological polar surface area (TPSA) is 91.7 Å². The van der Waals surface area contributed by atoms with Gasteiger partial charge in [0.2, 0.25) is 5.90 Å². The second-order valence-electron chi connectivity index (χ2n) is 4.67. The predicted molar refractivity (Wildman–Crippen MR) is 75.2 cm³/mol. The van der Waals surface area contributed by atoms with Gasteiger partial charge < -0.3 is 15.2 Å². The summed E-state index contributed by atoms with van der Waals surface area (Å²) in [4.78, 5) is 15.3. The minimum Gasteiger partial charge on any atom is -0.480 e. The minimum absolute atomic E-state index is 0.0173. The Hall–Kier alpha value is -1.89. The highest BCUT2D eigenvalue weighted by molar-refractivity contribution is 6.00. The van der Waals surface area contributed by atoms with Crippen molar-refractivity contribution in [1.29, 1.82) is 0 Å². The van der Waals surface area contributed by atoms with Crippen molar-refractivity contribution in [2.24, 2.45) is 4.99 Å². The molecule has 2 N–H and O–H groups in total. The van der Waals surface area contributed by atoms with Crippen LogP contribution in [0.1, 0.15) is 41.5 Å². The smallest absolute Gasteiger partial charge is 0.238 e. The van der Waals surface area contributed by atoms with Gasteiger partial charge in [0.25, 0.3) is 0 Å². The zero-order valence-electron chi connectivity index (χ0n) is 11.8. The molecule has 20 heavy (non-hydrogen) atoms. The van der Waals surface area contributed by atoms with Crippen LogP contribution in [0, 0.1) is 0 Å². The van der Waals surface area contributed by atoms with E-state index in [1.807, 2.05) is 0 Å². The molecule has 0 aliphatic carbocycles. The standard InChI is InChI=1S/C13H20N4O3/c1-15-13(19-2)12-11(14)10(7-18)17(16-12)9-5-3-4-6-20-8-9/h7,9H,3-6,8,14H2,1-2H3. The lowest BCUT2D eigenvalue weighted by molar-refractivity contribution is 0.106. The van der Waals surface area contributed by atoms with Crippen molar-refractivity contribution in [3.63, 3.8) is 0 Å². The molecule has 0 bridgehead atoms. The molecule has 0 amide bonds. The number of hydrogen-bond donors (Lipinski definition) is 1. The summed E-state index contributed by atoms with van der Waals surface area (Å²) < 4.78 is 12.3. The van der Waals surface area contributed by atoms with Gasteiger partial charge in [0.05, 0.1) is 25.4 Å². The number of aldehydes is 1. The van der Waals surface area contributed by atoms with Gasteiger partial charge in [-0.25, -0.2) is 0 Å². The van der Waals surface area contributed by atoms with Crippen LogP contribution in [0.4, 0.5) is 5.69 Å². The van der Waals surface area contributed by atoms with Gasteiger partial charge in [0.15, 0.2) is 12.0 Å². The average Bonchev–Trinajstić information content (AvgIpc) is 2.66. The lowest BCUT2D eigenvalue weighted by Crippen LogP contribution is -2.18. The van der Waals surface area contributed by atoms with Crippen molar-refractivity contribution in [2.45, 2.75) is 25.3 Å². The van der Waals surface area contributed by atoms with Gasteiger partial charge in [-0.3, -0.25) is 14.5 Å². The number of aliphatic imine (C=N–C) groups is 1. The van der Waals surface area contributed by atoms with E-state index in [4.69, 9.17) is 15.2 Å². The number of ether oxygens (including phenoxy) is 2. The highest BCUT2D eigenvalue weighted by Gasteiger charge is 2.25. The molecule has 1 saturated heterocycles. The van der Waals surface area contributed by atoms with Gasteiger partial charge in [0, 0.05) is 13.7 Å². The van der Waals surface area contributed by atoms with E-state index in [2.05, 4.69) is 10.1 Å². The van der Waals surface area contributed by atoms with E-state index in [1.165, 1.54) is 7.11 Å². The summed E-state index contributed by atoms with van der Waals surface area (Å²) in [5.74, 6) is 0.318. The van der Waals surface area contributed by atoms with Gasteiger partial charge in [0.1, 0.15) is 5.69 Å². The zero-order chi connectivity index (χ0) is 14.5. The number of nitrogens with zero attached hydrogens (tertiary/aromatic N) is 3. The fourth-order valence-electron chi connectivity index (χ4n) is 2.39. The van der Waals surface area contributed by atoms with E-state index < -0.39 is 0 Å². The van der Waals surface area contributed by atoms with E-state index in [1.54, 1.807) is 11.7 Å². The predicted octanol–water partition coefficient (Wildman–Crippen LogP) is 1.04. The maximum Gasteiger partial charge on any atom is 0.238 e. The first-order valence-electron chi connectivity index (χ1n) is 6.65. The monoisotopic (exact) mass is 280 g/mol. The van der Waals surface area contributed by atoms with E-state index in [-0.39, 0.29) is 6.04 Å². The van der Waals surface area contributed by atoms with Crippen molar-refractivity contribution in [3.05, 3.63) is 11.4 Å². The number of nitrogens with two attached hydrogens (primary N) is 1. The normalized spacial score (nSPS) is 20.5. The Morgan fingerprint density at radius 2 is 2.40 bits per heavy atom. The summed E-state index contributed by atoms with van der Waals surface area (Å²) in [5.41, 5.74) is 7.05. The Morgan fingerprint density at radius 1 is 1.60 bits per heavy atom. The van der Waals surface area contributed by atoms with E-state index in [0.717, 1.165) is 32.2 Å². The zero-order valence-corrected chi connectivity index (χ0v) is 11.8. The summed E-state index contributed by atoms with van der Waals surface area (Å²) in [6.45, 7) is 1.28. The maximum absolute atomic E-state index is 11.3. The third-order valence-electron chi connectivity index (χ3n) is 3.43. The molecule has 110 valence electrons. The second kappa shape index (κ2) is 6.51. The van der Waals surface area contributed by atoms with Gasteiger partial charge in [-0.1, -0.05) is 0 Å². The minimum atomic E-state index is 0.0173. The van der Waals surface area contributed by atoms with Crippen LogP contribution in [0.2, 0.25) is 0 Å². The number of rotatable bonds is 3. The molecule has 0 spiro atoms. The molecule has 2 rings (SSSR count). The van der Waals surface area contributed by atoms with Crippen LogP contribution in [0.15, 0.2) is 4.99 Å². The molecule has 1 unspecified atom stereocenters. The molecule has 7 nitrogen and oxygen atoms in total. The Balaban J connectivity index is 2.42. The van der Waals surface area contributed by atoms with Crippen LogP contribution in [0.5, 0.6) is 0 Å². The molecule has 2 heterocycles. The number of nitrogen functional groups attached to an aromatic ring is 1. The highest BCUT2D eigenvalue weighted by Crippen LogP contribution is 2.25. The number of hydrogen-bond acceptors (Lipinski definition) is 6. The summed E-state index contributed by atoms with van der Waals surface area (Å²) in [6.07, 6.45) is 3.69. The summed E-state index contributed by atoms with van der Waals surface area (Å²) in [7, 11) is 3.09. The first-order chi connectivity index (χ1) is 9.72. The van der Waals surface area contributed by atoms with Crippen molar-refractivity contribution in [1.82, 2.24) is 9.78 Å². The summed E-state index contributed by atoms with van der Waals surface area (Å²) in [6, 6.07) is 0.0173. The van der Waals surface area contributed by atoms with Gasteiger partial charge in [-0.2, -0.15) is 5.10 Å². The molecule has 7 heteroatoms. The molecule has 1 aromatic heterocycles. The Morgan fingerprint density at radius 3 is 3.05 bits per heavy atom. The quantitative estimate of drug-likeness (QED) is 0.507. The van der Waals surface area contributed by atoms with E-state index in [9.17, 15) is 4.79 Å². The molecular formula is C13H20N4O3. The third kappa shape index (κ3) is 2.67. The molecule has 0 saturated carbocycles. The van der Waals surface area contributed by atoms with Crippen molar-refractivity contribution < 1.29 is 14.3 Å². The number of aromatic nitrogens is 2. The summed E-state index contributed by atoms with van der Waals surface area (Å²) >= 11 is 0. The largest absolute Gasteiger partial charge is 0.480 e. The lowest BCUT2D eigenvalue weighted by atomic mass is 10.1. The van der Waals surface area contributed by atoms with Crippen LogP contribution < -0.4 is 5.73 Å². The SMILES string of the molecule is CN=C(OC)c1nn(C2CCCCOC2)c(C=O)c1N. The Bertz CT molecular complexity index is 502. The first kappa shape index (κ1) is 14.5. The van der Waals surface area contributed by atoms with Crippen LogP contribution in [0.25, 0.3) is 0 Å². The molecule has 1 aromatic rings. The van der Waals surface area contributed by atoms with Gasteiger partial charge in [-0.05, 0) is 19.3 Å². The number of methoxy groups -OCH3 is 1. The van der Waals surface area contributed by atoms with Crippen molar-refractivity contribution in [3.8, 4) is 0 Å². The molecule has 0 aromatic carbocycles. The molecular weight excluding hydrogens is 260 g/mol. The average molecular weight is 280 g/mol. The lowest BCUT2D eigenvalue weighted by Gasteiger charge is -2.15. The first-order valence-corrected chi connectivity index (χ1v) is 6.65. The van der Waals surface area contributed by atoms with Crippen LogP contribution in [-0.2, 0) is 9.47 Å². The second-order valence-corrected chi connectivity index (χ2v) is 4.67. The molecule has 1 aliphatic rings. The van der Waals surface area contributed by atoms with E-state index >= 15 is 0 Å².